The molecule has 4 aromatic rings. The Morgan fingerprint density at radius 1 is 1.20 bits per heavy atom. The molecule has 1 aromatic heterocycles. The van der Waals surface area contributed by atoms with E-state index in [0.717, 1.165) is 46.4 Å². The van der Waals surface area contributed by atoms with Gasteiger partial charge in [-0.3, -0.25) is 15.0 Å². The molecule has 1 atom stereocenters. The molecule has 0 spiro atoms. The van der Waals surface area contributed by atoms with Crippen molar-refractivity contribution in [3.8, 4) is 0 Å². The maximum Gasteiger partial charge on any atom is 0.269 e. The van der Waals surface area contributed by atoms with Gasteiger partial charge in [0.05, 0.1) is 17.2 Å². The first-order valence-corrected chi connectivity index (χ1v) is 11.4. The molecule has 0 fully saturated rings. The largest absolute Gasteiger partial charge is 0.357 e. The lowest BCUT2D eigenvalue weighted by Crippen LogP contribution is -2.35. The van der Waals surface area contributed by atoms with E-state index >= 15 is 0 Å². The third-order valence-corrected chi connectivity index (χ3v) is 6.51. The number of hydrogen-bond acceptors (Lipinski definition) is 6. The molecule has 8 heteroatoms. The van der Waals surface area contributed by atoms with Gasteiger partial charge in [0.25, 0.3) is 5.69 Å². The van der Waals surface area contributed by atoms with Gasteiger partial charge in [0.1, 0.15) is 0 Å². The SMILES string of the molecule is C=C(/C=N\NN)c1cccc(C2c3[nH]c4ccccc4c3CCN2Cc2cccc([N+](=O)[O-])c2)c1. The fraction of sp³-hybridized carbons (Fsp3) is 0.148. The minimum absolute atomic E-state index is 0.0530. The second kappa shape index (κ2) is 9.54. The van der Waals surface area contributed by atoms with Crippen LogP contribution in [0.15, 0.2) is 84.5 Å². The molecule has 1 unspecified atom stereocenters. The molecule has 3 aromatic carbocycles. The summed E-state index contributed by atoms with van der Waals surface area (Å²) in [4.78, 5) is 17.0. The molecule has 0 saturated heterocycles. The molecule has 2 heterocycles. The Hall–Kier alpha value is -4.27. The quantitative estimate of drug-likeness (QED) is 0.158. The smallest absolute Gasteiger partial charge is 0.269 e. The molecule has 4 N–H and O–H groups in total. The van der Waals surface area contributed by atoms with Crippen molar-refractivity contribution in [1.29, 1.82) is 0 Å². The van der Waals surface area contributed by atoms with Crippen LogP contribution in [0.2, 0.25) is 0 Å². The molecule has 0 amide bonds. The van der Waals surface area contributed by atoms with Crippen LogP contribution >= 0.6 is 0 Å². The van der Waals surface area contributed by atoms with Crippen molar-refractivity contribution in [2.45, 2.75) is 19.0 Å². The first-order chi connectivity index (χ1) is 17.0. The number of fused-ring (bicyclic) bond motifs is 3. The highest BCUT2D eigenvalue weighted by atomic mass is 16.6. The van der Waals surface area contributed by atoms with Gasteiger partial charge < -0.3 is 4.98 Å². The summed E-state index contributed by atoms with van der Waals surface area (Å²) in [6, 6.07) is 23.4. The van der Waals surface area contributed by atoms with Gasteiger partial charge in [-0.2, -0.15) is 5.10 Å². The van der Waals surface area contributed by atoms with Gasteiger partial charge in [-0.1, -0.05) is 55.1 Å². The van der Waals surface area contributed by atoms with E-state index in [9.17, 15) is 10.1 Å². The number of hydrogen-bond donors (Lipinski definition) is 3. The summed E-state index contributed by atoms with van der Waals surface area (Å²) >= 11 is 0. The summed E-state index contributed by atoms with van der Waals surface area (Å²) in [7, 11) is 0. The van der Waals surface area contributed by atoms with Crippen LogP contribution in [0.3, 0.4) is 0 Å². The van der Waals surface area contributed by atoms with Crippen molar-refractivity contribution in [3.63, 3.8) is 0 Å². The van der Waals surface area contributed by atoms with Crippen LogP contribution in [-0.2, 0) is 13.0 Å². The topological polar surface area (TPSA) is 113 Å². The molecule has 0 bridgehead atoms. The maximum absolute atomic E-state index is 11.3. The zero-order valence-electron chi connectivity index (χ0n) is 19.1. The Kier molecular flexibility index (Phi) is 6.13. The lowest BCUT2D eigenvalue weighted by atomic mass is 9.90. The molecule has 0 saturated carbocycles. The summed E-state index contributed by atoms with van der Waals surface area (Å²) in [6.45, 7) is 5.52. The normalized spacial score (nSPS) is 15.9. The van der Waals surface area contributed by atoms with Gasteiger partial charge in [-0.25, -0.2) is 11.4 Å². The number of hydrazine groups is 1. The van der Waals surface area contributed by atoms with Crippen molar-refractivity contribution < 1.29 is 4.92 Å². The van der Waals surface area contributed by atoms with E-state index in [0.29, 0.717) is 6.54 Å². The van der Waals surface area contributed by atoms with E-state index in [1.54, 1.807) is 18.3 Å². The lowest BCUT2D eigenvalue weighted by molar-refractivity contribution is -0.384. The number of nitrogens with one attached hydrogen (secondary N) is 2. The number of para-hydroxylation sites is 1. The van der Waals surface area contributed by atoms with E-state index in [4.69, 9.17) is 5.84 Å². The molecule has 1 aliphatic heterocycles. The molecule has 176 valence electrons. The molecule has 1 aliphatic rings. The van der Waals surface area contributed by atoms with Crippen molar-refractivity contribution in [1.82, 2.24) is 15.4 Å². The van der Waals surface area contributed by atoms with Crippen molar-refractivity contribution in [3.05, 3.63) is 117 Å². The Bertz CT molecular complexity index is 1440. The Labute approximate surface area is 202 Å². The number of aromatic nitrogens is 1. The standard InChI is InChI=1S/C27H26N6O2/c1-18(16-29-31-28)20-7-5-8-21(15-20)27-26-24(23-10-2-3-11-25(23)30-26)12-13-32(27)17-19-6-4-9-22(14-19)33(34)35/h2-11,14-16,27,30-31H,1,12-13,17,28H2/b29-16-. The summed E-state index contributed by atoms with van der Waals surface area (Å²) in [6.07, 6.45) is 2.49. The van der Waals surface area contributed by atoms with Crippen molar-refractivity contribution >= 4 is 28.4 Å². The number of nitrogens with two attached hydrogens (primary N) is 1. The number of hydrazone groups is 1. The maximum atomic E-state index is 11.3. The average Bonchev–Trinajstić information content (AvgIpc) is 3.26. The number of benzene rings is 3. The van der Waals surface area contributed by atoms with Gasteiger partial charge in [0.2, 0.25) is 0 Å². The Morgan fingerprint density at radius 3 is 2.86 bits per heavy atom. The molecule has 0 radical (unpaired) electrons. The Morgan fingerprint density at radius 2 is 2.03 bits per heavy atom. The highest BCUT2D eigenvalue weighted by Gasteiger charge is 2.32. The van der Waals surface area contributed by atoms with Crippen LogP contribution in [0.4, 0.5) is 5.69 Å². The van der Waals surface area contributed by atoms with E-state index in [2.05, 4.69) is 57.4 Å². The van der Waals surface area contributed by atoms with Crippen LogP contribution in [0.25, 0.3) is 16.5 Å². The van der Waals surface area contributed by atoms with Crippen LogP contribution in [0.1, 0.15) is 34.0 Å². The number of rotatable bonds is 7. The molecular weight excluding hydrogens is 440 g/mol. The predicted molar refractivity (Wildman–Crippen MR) is 139 cm³/mol. The number of H-pyrrole nitrogens is 1. The third-order valence-electron chi connectivity index (χ3n) is 6.51. The van der Waals surface area contributed by atoms with Gasteiger partial charge >= 0.3 is 0 Å². The molecule has 5 rings (SSSR count). The zero-order chi connectivity index (χ0) is 24.4. The average molecular weight is 467 g/mol. The summed E-state index contributed by atoms with van der Waals surface area (Å²) in [5.74, 6) is 5.27. The van der Waals surface area contributed by atoms with Gasteiger partial charge in [0, 0.05) is 41.8 Å². The summed E-state index contributed by atoms with van der Waals surface area (Å²) in [5, 5.41) is 16.4. The minimum atomic E-state index is -0.347. The number of aromatic amines is 1. The van der Waals surface area contributed by atoms with E-state index < -0.39 is 0 Å². The van der Waals surface area contributed by atoms with Crippen LogP contribution in [-0.4, -0.2) is 27.6 Å². The van der Waals surface area contributed by atoms with Gasteiger partial charge in [-0.05, 0) is 46.4 Å². The number of nitro groups is 1. The third kappa shape index (κ3) is 4.44. The van der Waals surface area contributed by atoms with E-state index in [1.807, 2.05) is 24.3 Å². The minimum Gasteiger partial charge on any atom is -0.357 e. The monoisotopic (exact) mass is 466 g/mol. The predicted octanol–water partition coefficient (Wildman–Crippen LogP) is 4.69. The fourth-order valence-corrected chi connectivity index (χ4v) is 4.94. The lowest BCUT2D eigenvalue weighted by Gasteiger charge is -2.36. The molecule has 8 nitrogen and oxygen atoms in total. The second-order valence-corrected chi connectivity index (χ2v) is 8.65. The number of nitrogens with zero attached hydrogens (tertiary/aromatic N) is 3. The van der Waals surface area contributed by atoms with Crippen molar-refractivity contribution in [2.75, 3.05) is 6.54 Å². The highest BCUT2D eigenvalue weighted by molar-refractivity contribution is 6.08. The van der Waals surface area contributed by atoms with Crippen LogP contribution < -0.4 is 11.4 Å². The highest BCUT2D eigenvalue weighted by Crippen LogP contribution is 2.39. The van der Waals surface area contributed by atoms with Gasteiger partial charge in [-0.15, -0.1) is 0 Å². The number of nitro benzene ring substituents is 1. The zero-order valence-corrected chi connectivity index (χ0v) is 19.1. The number of allylic oxidation sites excluding steroid dienone is 1. The molecular formula is C27H26N6O2. The van der Waals surface area contributed by atoms with Gasteiger partial charge in [0.15, 0.2) is 0 Å². The van der Waals surface area contributed by atoms with Crippen molar-refractivity contribution in [2.24, 2.45) is 10.9 Å². The fourth-order valence-electron chi connectivity index (χ4n) is 4.94. The van der Waals surface area contributed by atoms with Crippen LogP contribution in [0.5, 0.6) is 0 Å². The van der Waals surface area contributed by atoms with Crippen LogP contribution in [0, 0.1) is 10.1 Å². The summed E-state index contributed by atoms with van der Waals surface area (Å²) in [5.41, 5.74) is 9.66. The first-order valence-electron chi connectivity index (χ1n) is 11.4. The van der Waals surface area contributed by atoms with E-state index in [-0.39, 0.29) is 16.7 Å². The summed E-state index contributed by atoms with van der Waals surface area (Å²) < 4.78 is 0. The second-order valence-electron chi connectivity index (χ2n) is 8.65. The molecule has 0 aliphatic carbocycles. The van der Waals surface area contributed by atoms with E-state index in [1.165, 1.54) is 17.0 Å². The Balaban J connectivity index is 1.59. The molecule has 35 heavy (non-hydrogen) atoms. The first kappa shape index (κ1) is 22.5. The number of non-ortho nitro benzene ring substituents is 1.